The van der Waals surface area contributed by atoms with Gasteiger partial charge in [-0.05, 0) is 0 Å². The Morgan fingerprint density at radius 3 is 2.69 bits per heavy atom. The van der Waals surface area contributed by atoms with Crippen LogP contribution in [-0.2, 0) is 11.2 Å². The van der Waals surface area contributed by atoms with Crippen LogP contribution >= 0.6 is 0 Å². The van der Waals surface area contributed by atoms with Crippen molar-refractivity contribution in [3.63, 3.8) is 0 Å². The van der Waals surface area contributed by atoms with Gasteiger partial charge >= 0.3 is 5.97 Å². The van der Waals surface area contributed by atoms with Gasteiger partial charge in [-0.1, -0.05) is 0 Å². The number of H-pyrrole nitrogens is 1. The van der Waals surface area contributed by atoms with Crippen molar-refractivity contribution in [2.45, 2.75) is 12.8 Å². The van der Waals surface area contributed by atoms with Gasteiger partial charge < -0.3 is 10.1 Å². The molecule has 1 heterocycles. The van der Waals surface area contributed by atoms with Crippen molar-refractivity contribution in [2.24, 2.45) is 0 Å². The number of carboxylic acid groups (broad SMARTS) is 1. The molecule has 0 aliphatic carbocycles. The Morgan fingerprint density at radius 2 is 2.25 bits per heavy atom. The number of aromatic nitrogens is 1. The quantitative estimate of drug-likeness (QED) is 0.800. The van der Waals surface area contributed by atoms with E-state index in [1.807, 2.05) is 0 Å². The van der Waals surface area contributed by atoms with Crippen LogP contribution in [0.15, 0.2) is 10.9 Å². The number of aliphatic carboxylic acids is 1. The highest BCUT2D eigenvalue weighted by molar-refractivity contribution is 5.69. The van der Waals surface area contributed by atoms with Crippen molar-refractivity contribution in [3.8, 4) is 6.07 Å². The molecule has 0 amide bonds. The monoisotopic (exact) mass is 228 g/mol. The van der Waals surface area contributed by atoms with Gasteiger partial charge in [-0.15, -0.1) is 0 Å². The molecule has 0 aliphatic heterocycles. The Labute approximate surface area is 88.0 Å². The topological polar surface area (TPSA) is 93.9 Å². The van der Waals surface area contributed by atoms with E-state index in [2.05, 4.69) is 4.98 Å². The number of carbonyl (C=O) groups is 1. The zero-order chi connectivity index (χ0) is 12.3. The molecule has 7 heteroatoms. The lowest BCUT2D eigenvalue weighted by Gasteiger charge is -2.05. The zero-order valence-electron chi connectivity index (χ0n) is 7.83. The van der Waals surface area contributed by atoms with Crippen molar-refractivity contribution >= 4 is 5.97 Å². The molecule has 2 N–H and O–H groups in total. The first kappa shape index (κ1) is 11.8. The van der Waals surface area contributed by atoms with E-state index in [4.69, 9.17) is 10.4 Å². The Morgan fingerprint density at radius 1 is 1.62 bits per heavy atom. The van der Waals surface area contributed by atoms with Crippen LogP contribution in [0.25, 0.3) is 0 Å². The summed E-state index contributed by atoms with van der Waals surface area (Å²) in [5.74, 6) is -1.26. The van der Waals surface area contributed by atoms with Crippen molar-refractivity contribution < 1.29 is 18.7 Å². The number of alkyl halides is 2. The molecule has 0 fully saturated rings. The second-order valence-corrected chi connectivity index (χ2v) is 2.93. The third-order valence-corrected chi connectivity index (χ3v) is 1.79. The summed E-state index contributed by atoms with van der Waals surface area (Å²) in [7, 11) is 0. The molecular weight excluding hydrogens is 222 g/mol. The highest BCUT2D eigenvalue weighted by Crippen LogP contribution is 2.18. The minimum absolute atomic E-state index is 0.160. The first-order valence-corrected chi connectivity index (χ1v) is 4.12. The maximum Gasteiger partial charge on any atom is 0.309 e. The number of pyridine rings is 1. The fourth-order valence-electron chi connectivity index (χ4n) is 1.17. The zero-order valence-corrected chi connectivity index (χ0v) is 7.83. The summed E-state index contributed by atoms with van der Waals surface area (Å²) in [4.78, 5) is 23.6. The van der Waals surface area contributed by atoms with Gasteiger partial charge in [0.2, 0.25) is 0 Å². The first-order chi connectivity index (χ1) is 7.45. The highest BCUT2D eigenvalue weighted by atomic mass is 19.3. The number of rotatable bonds is 3. The SMILES string of the molecule is N#Cc1c(C(F)F)[nH]c(CC(=O)O)cc1=O. The van der Waals surface area contributed by atoms with E-state index in [9.17, 15) is 18.4 Å². The normalized spacial score (nSPS) is 10.1. The lowest BCUT2D eigenvalue weighted by Crippen LogP contribution is -2.15. The Kier molecular flexibility index (Phi) is 3.35. The van der Waals surface area contributed by atoms with Gasteiger partial charge in [0.05, 0.1) is 6.42 Å². The predicted molar refractivity (Wildman–Crippen MR) is 48.1 cm³/mol. The summed E-state index contributed by atoms with van der Waals surface area (Å²) < 4.78 is 24.9. The van der Waals surface area contributed by atoms with Crippen molar-refractivity contribution in [1.82, 2.24) is 4.98 Å². The molecular formula is C9H6F2N2O3. The second kappa shape index (κ2) is 4.53. The Hall–Kier alpha value is -2.23. The standard InChI is InChI=1S/C9H6F2N2O3/c10-9(11)8-5(3-12)6(14)1-4(13-8)2-7(15)16/h1,9H,2H2,(H,13,14)(H,15,16). The van der Waals surface area contributed by atoms with Crippen LogP contribution in [0.3, 0.4) is 0 Å². The fraction of sp³-hybridized carbons (Fsp3) is 0.222. The number of hydrogen-bond donors (Lipinski definition) is 2. The minimum atomic E-state index is -3.03. The molecule has 0 spiro atoms. The van der Waals surface area contributed by atoms with E-state index in [-0.39, 0.29) is 5.69 Å². The predicted octanol–water partition coefficient (Wildman–Crippen LogP) is 0.811. The van der Waals surface area contributed by atoms with Gasteiger partial charge in [-0.25, -0.2) is 8.78 Å². The molecule has 0 aliphatic rings. The second-order valence-electron chi connectivity index (χ2n) is 2.93. The largest absolute Gasteiger partial charge is 0.481 e. The molecule has 5 nitrogen and oxygen atoms in total. The Bertz CT molecular complexity index is 516. The molecule has 16 heavy (non-hydrogen) atoms. The van der Waals surface area contributed by atoms with Crippen molar-refractivity contribution in [1.29, 1.82) is 5.26 Å². The molecule has 0 bridgehead atoms. The maximum atomic E-state index is 12.4. The molecule has 0 unspecified atom stereocenters. The molecule has 0 saturated carbocycles. The summed E-state index contributed by atoms with van der Waals surface area (Å²) in [6, 6.07) is 2.19. The van der Waals surface area contributed by atoms with Crippen LogP contribution < -0.4 is 5.43 Å². The van der Waals surface area contributed by atoms with Crippen LogP contribution in [0.5, 0.6) is 0 Å². The van der Waals surface area contributed by atoms with Crippen molar-refractivity contribution in [3.05, 3.63) is 33.2 Å². The van der Waals surface area contributed by atoms with Gasteiger partial charge in [0.1, 0.15) is 17.3 Å². The molecule has 1 rings (SSSR count). The average Bonchev–Trinajstić information content (AvgIpc) is 2.15. The molecule has 84 valence electrons. The number of carboxylic acids is 1. The number of aromatic amines is 1. The van der Waals surface area contributed by atoms with E-state index in [0.29, 0.717) is 0 Å². The van der Waals surface area contributed by atoms with E-state index >= 15 is 0 Å². The van der Waals surface area contributed by atoms with E-state index < -0.39 is 35.5 Å². The van der Waals surface area contributed by atoms with E-state index in [1.165, 1.54) is 6.07 Å². The van der Waals surface area contributed by atoms with Crippen LogP contribution in [0.2, 0.25) is 0 Å². The van der Waals surface area contributed by atoms with Crippen LogP contribution in [0.1, 0.15) is 23.4 Å². The van der Waals surface area contributed by atoms with Gasteiger partial charge in [-0.3, -0.25) is 9.59 Å². The molecule has 0 saturated heterocycles. The summed E-state index contributed by atoms with van der Waals surface area (Å²) in [5, 5.41) is 16.9. The number of nitriles is 1. The van der Waals surface area contributed by atoms with Crippen LogP contribution in [-0.4, -0.2) is 16.1 Å². The summed E-state index contributed by atoms with van der Waals surface area (Å²) in [6.45, 7) is 0. The highest BCUT2D eigenvalue weighted by Gasteiger charge is 2.18. The van der Waals surface area contributed by atoms with Crippen molar-refractivity contribution in [2.75, 3.05) is 0 Å². The first-order valence-electron chi connectivity index (χ1n) is 4.12. The molecule has 1 aromatic rings. The number of halogens is 2. The number of nitrogens with zero attached hydrogens (tertiary/aromatic N) is 1. The Balaban J connectivity index is 3.35. The summed E-state index contributed by atoms with van der Waals surface area (Å²) in [5.41, 5.74) is -2.60. The molecule has 0 radical (unpaired) electrons. The smallest absolute Gasteiger partial charge is 0.309 e. The van der Waals surface area contributed by atoms with Crippen LogP contribution in [0, 0.1) is 11.3 Å². The molecule has 1 aromatic heterocycles. The molecule has 0 atom stereocenters. The number of nitrogens with one attached hydrogen (secondary N) is 1. The fourth-order valence-corrected chi connectivity index (χ4v) is 1.17. The van der Waals surface area contributed by atoms with E-state index in [1.54, 1.807) is 0 Å². The third-order valence-electron chi connectivity index (χ3n) is 1.79. The molecule has 0 aromatic carbocycles. The number of hydrogen-bond acceptors (Lipinski definition) is 3. The van der Waals surface area contributed by atoms with Gasteiger partial charge in [-0.2, -0.15) is 5.26 Å². The summed E-state index contributed by atoms with van der Waals surface area (Å²) in [6.07, 6.45) is -3.61. The van der Waals surface area contributed by atoms with E-state index in [0.717, 1.165) is 6.07 Å². The van der Waals surface area contributed by atoms with Crippen LogP contribution in [0.4, 0.5) is 8.78 Å². The lowest BCUT2D eigenvalue weighted by molar-refractivity contribution is -0.136. The third kappa shape index (κ3) is 2.42. The van der Waals surface area contributed by atoms with Gasteiger partial charge in [0, 0.05) is 11.8 Å². The lowest BCUT2D eigenvalue weighted by atomic mass is 10.1. The maximum absolute atomic E-state index is 12.4. The van der Waals surface area contributed by atoms with Gasteiger partial charge in [0.15, 0.2) is 5.43 Å². The minimum Gasteiger partial charge on any atom is -0.481 e. The average molecular weight is 228 g/mol. The summed E-state index contributed by atoms with van der Waals surface area (Å²) >= 11 is 0. The van der Waals surface area contributed by atoms with Gasteiger partial charge in [0.25, 0.3) is 6.43 Å².